The van der Waals surface area contributed by atoms with Gasteiger partial charge in [-0.1, -0.05) is 22.0 Å². The van der Waals surface area contributed by atoms with Gasteiger partial charge in [-0.25, -0.2) is 17.2 Å². The molecule has 2 atom stereocenters. The average molecular weight is 339 g/mol. The third-order valence-corrected chi connectivity index (χ3v) is 6.07. The first-order chi connectivity index (χ1) is 8.37. The zero-order chi connectivity index (χ0) is 13.3. The van der Waals surface area contributed by atoms with Crippen LogP contribution < -0.4 is 0 Å². The van der Waals surface area contributed by atoms with E-state index >= 15 is 0 Å². The highest BCUT2D eigenvalue weighted by Gasteiger charge is 2.32. The summed E-state index contributed by atoms with van der Waals surface area (Å²) in [6, 6.07) is 3.46. The Morgan fingerprint density at radius 3 is 2.67 bits per heavy atom. The molecule has 1 heterocycles. The molecule has 1 aliphatic rings. The van der Waals surface area contributed by atoms with Crippen molar-refractivity contribution in [3.05, 3.63) is 35.4 Å². The normalized spacial score (nSPS) is 24.1. The highest BCUT2D eigenvalue weighted by atomic mass is 79.9. The molecule has 6 heteroatoms. The molecule has 2 nitrogen and oxygen atoms in total. The summed E-state index contributed by atoms with van der Waals surface area (Å²) in [7, 11) is -2.93. The van der Waals surface area contributed by atoms with Crippen molar-refractivity contribution in [1.29, 1.82) is 0 Å². The molecule has 0 bridgehead atoms. The van der Waals surface area contributed by atoms with Crippen LogP contribution >= 0.6 is 15.9 Å². The number of hydrogen-bond donors (Lipinski definition) is 0. The second kappa shape index (κ2) is 5.25. The lowest BCUT2D eigenvalue weighted by Gasteiger charge is -2.16. The Labute approximate surface area is 113 Å². The molecule has 100 valence electrons. The second-order valence-electron chi connectivity index (χ2n) is 4.62. The van der Waals surface area contributed by atoms with E-state index in [4.69, 9.17) is 0 Å². The molecule has 0 saturated carbocycles. The first-order valence-electron chi connectivity index (χ1n) is 5.66. The molecule has 1 fully saturated rings. The van der Waals surface area contributed by atoms with Gasteiger partial charge in [0.15, 0.2) is 9.84 Å². The van der Waals surface area contributed by atoms with Gasteiger partial charge in [0.05, 0.1) is 11.5 Å². The summed E-state index contributed by atoms with van der Waals surface area (Å²) in [5, 5.41) is 0. The topological polar surface area (TPSA) is 34.1 Å². The number of rotatable bonds is 3. The lowest BCUT2D eigenvalue weighted by Crippen LogP contribution is -2.19. The third-order valence-electron chi connectivity index (χ3n) is 3.21. The van der Waals surface area contributed by atoms with Crippen molar-refractivity contribution in [2.24, 2.45) is 5.92 Å². The van der Waals surface area contributed by atoms with Gasteiger partial charge in [0.25, 0.3) is 0 Å². The van der Waals surface area contributed by atoms with Gasteiger partial charge in [0.2, 0.25) is 0 Å². The minimum absolute atomic E-state index is 0.000506. The van der Waals surface area contributed by atoms with E-state index in [9.17, 15) is 17.2 Å². The van der Waals surface area contributed by atoms with Gasteiger partial charge in [-0.3, -0.25) is 0 Å². The van der Waals surface area contributed by atoms with Crippen molar-refractivity contribution in [1.82, 2.24) is 0 Å². The maximum atomic E-state index is 13.5. The molecule has 0 spiro atoms. The highest BCUT2D eigenvalue weighted by Crippen LogP contribution is 2.29. The van der Waals surface area contributed by atoms with Crippen LogP contribution in [0.15, 0.2) is 18.2 Å². The van der Waals surface area contributed by atoms with Gasteiger partial charge in [-0.15, -0.1) is 0 Å². The molecule has 1 aromatic carbocycles. The molecule has 1 aromatic rings. The summed E-state index contributed by atoms with van der Waals surface area (Å²) in [5.74, 6) is -0.845. The van der Waals surface area contributed by atoms with E-state index in [1.54, 1.807) is 0 Å². The number of benzene rings is 1. The van der Waals surface area contributed by atoms with Crippen LogP contribution in [-0.2, 0) is 16.3 Å². The average Bonchev–Trinajstić information content (AvgIpc) is 2.63. The number of sulfone groups is 1. The minimum atomic E-state index is -2.93. The smallest absolute Gasteiger partial charge is 0.150 e. The van der Waals surface area contributed by atoms with E-state index in [1.165, 1.54) is 12.1 Å². The molecule has 2 unspecified atom stereocenters. The summed E-state index contributed by atoms with van der Waals surface area (Å²) in [6.45, 7) is 0. The second-order valence-corrected chi connectivity index (χ2v) is 8.02. The van der Waals surface area contributed by atoms with Crippen LogP contribution in [-0.4, -0.2) is 24.8 Å². The van der Waals surface area contributed by atoms with Crippen LogP contribution in [0, 0.1) is 17.6 Å². The Morgan fingerprint density at radius 1 is 1.39 bits per heavy atom. The molecule has 1 saturated heterocycles. The van der Waals surface area contributed by atoms with Crippen molar-refractivity contribution >= 4 is 25.8 Å². The molecule has 18 heavy (non-hydrogen) atoms. The van der Waals surface area contributed by atoms with E-state index in [2.05, 4.69) is 15.9 Å². The summed E-state index contributed by atoms with van der Waals surface area (Å²) in [4.78, 5) is -0.102. The maximum Gasteiger partial charge on any atom is 0.150 e. The van der Waals surface area contributed by atoms with Gasteiger partial charge in [-0.05, 0) is 30.4 Å². The van der Waals surface area contributed by atoms with Crippen LogP contribution in [0.4, 0.5) is 8.78 Å². The monoisotopic (exact) mass is 338 g/mol. The standard InChI is InChI=1S/C12H13BrF2O2S/c13-11(9-3-4-18(16,17)7-9)5-8-1-2-10(14)6-12(8)15/h1-2,6,9,11H,3-5,7H2. The molecule has 2 rings (SSSR count). The van der Waals surface area contributed by atoms with Crippen LogP contribution in [0.25, 0.3) is 0 Å². The van der Waals surface area contributed by atoms with Gasteiger partial charge in [0.1, 0.15) is 11.6 Å². The van der Waals surface area contributed by atoms with E-state index in [1.807, 2.05) is 0 Å². The van der Waals surface area contributed by atoms with Crippen molar-refractivity contribution < 1.29 is 17.2 Å². The minimum Gasteiger partial charge on any atom is -0.229 e. The van der Waals surface area contributed by atoms with Crippen molar-refractivity contribution in [2.75, 3.05) is 11.5 Å². The molecule has 0 radical (unpaired) electrons. The van der Waals surface area contributed by atoms with Crippen LogP contribution in [0.5, 0.6) is 0 Å². The van der Waals surface area contributed by atoms with E-state index < -0.39 is 21.5 Å². The molecular formula is C12H13BrF2O2S. The Balaban J connectivity index is 2.05. The first-order valence-corrected chi connectivity index (χ1v) is 8.39. The lowest BCUT2D eigenvalue weighted by atomic mass is 9.98. The number of hydrogen-bond acceptors (Lipinski definition) is 2. The summed E-state index contributed by atoms with van der Waals surface area (Å²) >= 11 is 3.42. The Morgan fingerprint density at radius 2 is 2.11 bits per heavy atom. The first kappa shape index (κ1) is 13.9. The zero-order valence-corrected chi connectivity index (χ0v) is 12.0. The fourth-order valence-corrected chi connectivity index (χ4v) is 5.10. The summed E-state index contributed by atoms with van der Waals surface area (Å²) < 4.78 is 49.0. The molecule has 0 N–H and O–H groups in total. The number of halogens is 3. The third kappa shape index (κ3) is 3.29. The van der Waals surface area contributed by atoms with Gasteiger partial charge < -0.3 is 0 Å². The SMILES string of the molecule is O=S1(=O)CCC(C(Br)Cc2ccc(F)cc2F)C1. The van der Waals surface area contributed by atoms with Gasteiger partial charge in [0, 0.05) is 10.9 Å². The fourth-order valence-electron chi connectivity index (χ4n) is 2.17. The number of alkyl halides is 1. The zero-order valence-electron chi connectivity index (χ0n) is 9.57. The van der Waals surface area contributed by atoms with Crippen molar-refractivity contribution in [3.8, 4) is 0 Å². The highest BCUT2D eigenvalue weighted by molar-refractivity contribution is 9.09. The molecule has 0 aliphatic carbocycles. The van der Waals surface area contributed by atoms with Crippen LogP contribution in [0.3, 0.4) is 0 Å². The molecule has 1 aliphatic heterocycles. The van der Waals surface area contributed by atoms with Crippen molar-refractivity contribution in [3.63, 3.8) is 0 Å². The Hall–Kier alpha value is -0.490. The van der Waals surface area contributed by atoms with Crippen molar-refractivity contribution in [2.45, 2.75) is 17.7 Å². The predicted octanol–water partition coefficient (Wildman–Crippen LogP) is 2.71. The summed E-state index contributed by atoms with van der Waals surface area (Å²) in [6.07, 6.45) is 0.966. The molecule has 0 amide bonds. The van der Waals surface area contributed by atoms with Crippen LogP contribution in [0.2, 0.25) is 0 Å². The predicted molar refractivity (Wildman–Crippen MR) is 69.5 cm³/mol. The fraction of sp³-hybridized carbons (Fsp3) is 0.500. The van der Waals surface area contributed by atoms with Crippen LogP contribution in [0.1, 0.15) is 12.0 Å². The quantitative estimate of drug-likeness (QED) is 0.794. The van der Waals surface area contributed by atoms with E-state index in [0.29, 0.717) is 18.4 Å². The Bertz CT molecular complexity index is 545. The van der Waals surface area contributed by atoms with E-state index in [-0.39, 0.29) is 22.3 Å². The largest absolute Gasteiger partial charge is 0.229 e. The molecule has 0 aromatic heterocycles. The van der Waals surface area contributed by atoms with E-state index in [0.717, 1.165) is 6.07 Å². The van der Waals surface area contributed by atoms with Gasteiger partial charge >= 0.3 is 0 Å². The van der Waals surface area contributed by atoms with Gasteiger partial charge in [-0.2, -0.15) is 0 Å². The lowest BCUT2D eigenvalue weighted by molar-refractivity contribution is 0.538. The summed E-state index contributed by atoms with van der Waals surface area (Å²) in [5.41, 5.74) is 0.405. The molecular weight excluding hydrogens is 326 g/mol. The Kier molecular flexibility index (Phi) is 4.06. The maximum absolute atomic E-state index is 13.5.